The molecule has 0 saturated carbocycles. The summed E-state index contributed by atoms with van der Waals surface area (Å²) in [5.41, 5.74) is 0.867. The van der Waals surface area contributed by atoms with Gasteiger partial charge in [-0.05, 0) is 26.0 Å². The molecule has 0 bridgehead atoms. The number of hydrogen-bond donors (Lipinski definition) is 0. The fourth-order valence-corrected chi connectivity index (χ4v) is 2.75. The monoisotopic (exact) mass is 330 g/mol. The largest absolute Gasteiger partial charge is 0.469 e. The molecule has 2 atom stereocenters. The fourth-order valence-electron chi connectivity index (χ4n) is 1.65. The molecule has 0 unspecified atom stereocenters. The van der Waals surface area contributed by atoms with Gasteiger partial charge >= 0.3 is 11.9 Å². The second kappa shape index (κ2) is 7.37. The Morgan fingerprint density at radius 3 is 1.95 bits per heavy atom. The minimum absolute atomic E-state index is 0.121. The molecular weight excluding hydrogens is 312 g/mol. The number of ether oxygens (including phenoxy) is 2. The summed E-state index contributed by atoms with van der Waals surface area (Å²) in [6.45, 7) is 3.12. The third kappa shape index (κ3) is 4.28. The summed E-state index contributed by atoms with van der Waals surface area (Å²) in [5.74, 6) is -2.90. The Bertz CT molecular complexity index is 634. The van der Waals surface area contributed by atoms with Gasteiger partial charge in [0.05, 0.1) is 25.0 Å². The van der Waals surface area contributed by atoms with Crippen molar-refractivity contribution in [2.75, 3.05) is 14.2 Å². The van der Waals surface area contributed by atoms with Gasteiger partial charge in [0, 0.05) is 0 Å². The molecule has 0 heterocycles. The molecule has 0 aliphatic rings. The van der Waals surface area contributed by atoms with E-state index in [4.69, 9.17) is 4.18 Å². The van der Waals surface area contributed by atoms with Crippen molar-refractivity contribution >= 4 is 22.1 Å². The molecule has 0 saturated heterocycles. The summed E-state index contributed by atoms with van der Waals surface area (Å²) in [6, 6.07) is 5.88. The molecule has 122 valence electrons. The maximum atomic E-state index is 12.2. The lowest BCUT2D eigenvalue weighted by atomic mass is 10.1. The van der Waals surface area contributed by atoms with E-state index in [2.05, 4.69) is 9.47 Å². The van der Waals surface area contributed by atoms with E-state index in [1.165, 1.54) is 19.1 Å². The van der Waals surface area contributed by atoms with Crippen molar-refractivity contribution in [3.8, 4) is 0 Å². The molecule has 0 N–H and O–H groups in total. The number of esters is 2. The van der Waals surface area contributed by atoms with Crippen LogP contribution in [0.15, 0.2) is 29.2 Å². The topological polar surface area (TPSA) is 96.0 Å². The van der Waals surface area contributed by atoms with Gasteiger partial charge in [-0.1, -0.05) is 17.7 Å². The van der Waals surface area contributed by atoms with Crippen molar-refractivity contribution in [2.45, 2.75) is 24.8 Å². The maximum absolute atomic E-state index is 12.2. The van der Waals surface area contributed by atoms with Crippen LogP contribution in [0.3, 0.4) is 0 Å². The minimum atomic E-state index is -4.23. The molecule has 1 rings (SSSR count). The lowest BCUT2D eigenvalue weighted by Crippen LogP contribution is -2.38. The SMILES string of the molecule is COC(=O)[C@@H](OS(=O)(=O)c1ccc(C)cc1)[C@@H](C)C(=O)OC. The maximum Gasteiger partial charge on any atom is 0.337 e. The summed E-state index contributed by atoms with van der Waals surface area (Å²) in [4.78, 5) is 23.1. The first kappa shape index (κ1) is 18.1. The van der Waals surface area contributed by atoms with Gasteiger partial charge in [-0.15, -0.1) is 0 Å². The van der Waals surface area contributed by atoms with E-state index in [1.54, 1.807) is 19.1 Å². The van der Waals surface area contributed by atoms with Crippen molar-refractivity contribution in [1.82, 2.24) is 0 Å². The van der Waals surface area contributed by atoms with E-state index in [0.29, 0.717) is 0 Å². The van der Waals surface area contributed by atoms with Gasteiger partial charge in [0.2, 0.25) is 0 Å². The highest BCUT2D eigenvalue weighted by molar-refractivity contribution is 7.86. The van der Waals surface area contributed by atoms with Crippen LogP contribution in [0.2, 0.25) is 0 Å². The Hall–Kier alpha value is -1.93. The van der Waals surface area contributed by atoms with Crippen molar-refractivity contribution < 1.29 is 31.7 Å². The van der Waals surface area contributed by atoms with Crippen LogP contribution in [0.1, 0.15) is 12.5 Å². The second-order valence-electron chi connectivity index (χ2n) is 4.62. The van der Waals surface area contributed by atoms with Crippen molar-refractivity contribution in [3.63, 3.8) is 0 Å². The molecule has 22 heavy (non-hydrogen) atoms. The zero-order valence-electron chi connectivity index (χ0n) is 12.7. The normalized spacial score (nSPS) is 14.0. The molecule has 1 aromatic carbocycles. The minimum Gasteiger partial charge on any atom is -0.469 e. The van der Waals surface area contributed by atoms with Crippen LogP contribution in [-0.4, -0.2) is 40.7 Å². The number of carbonyl (C=O) groups is 2. The highest BCUT2D eigenvalue weighted by Crippen LogP contribution is 2.20. The predicted molar refractivity (Wildman–Crippen MR) is 76.4 cm³/mol. The molecule has 0 aliphatic heterocycles. The van der Waals surface area contributed by atoms with Crippen molar-refractivity contribution in [2.24, 2.45) is 5.92 Å². The van der Waals surface area contributed by atoms with Gasteiger partial charge in [0.1, 0.15) is 0 Å². The first-order valence-electron chi connectivity index (χ1n) is 6.38. The molecule has 8 heteroatoms. The Kier molecular flexibility index (Phi) is 6.07. The van der Waals surface area contributed by atoms with Gasteiger partial charge in [-0.3, -0.25) is 8.98 Å². The van der Waals surface area contributed by atoms with Crippen LogP contribution in [0.25, 0.3) is 0 Å². The standard InChI is InChI=1S/C14H18O7S/c1-9-5-7-11(8-6-9)22(17,18)21-12(14(16)20-4)10(2)13(15)19-3/h5-8,10,12H,1-4H3/t10-,12+/m1/s1. The van der Waals surface area contributed by atoms with Crippen LogP contribution >= 0.6 is 0 Å². The third-order valence-corrected chi connectivity index (χ3v) is 4.31. The second-order valence-corrected chi connectivity index (χ2v) is 6.19. The summed E-state index contributed by atoms with van der Waals surface area (Å²) in [6.07, 6.45) is -1.62. The lowest BCUT2D eigenvalue weighted by Gasteiger charge is -2.19. The van der Waals surface area contributed by atoms with E-state index in [9.17, 15) is 18.0 Å². The molecule has 0 radical (unpaired) electrons. The van der Waals surface area contributed by atoms with Gasteiger partial charge in [0.15, 0.2) is 6.10 Å². The van der Waals surface area contributed by atoms with Crippen molar-refractivity contribution in [3.05, 3.63) is 29.8 Å². The van der Waals surface area contributed by atoms with Crippen LogP contribution in [-0.2, 0) is 33.4 Å². The van der Waals surface area contributed by atoms with Crippen LogP contribution < -0.4 is 0 Å². The number of aryl methyl sites for hydroxylation is 1. The van der Waals surface area contributed by atoms with E-state index >= 15 is 0 Å². The van der Waals surface area contributed by atoms with Crippen LogP contribution in [0, 0.1) is 12.8 Å². The van der Waals surface area contributed by atoms with Crippen LogP contribution in [0.4, 0.5) is 0 Å². The smallest absolute Gasteiger partial charge is 0.337 e. The van der Waals surface area contributed by atoms with Crippen LogP contribution in [0.5, 0.6) is 0 Å². The quantitative estimate of drug-likeness (QED) is 0.568. The molecule has 0 aliphatic carbocycles. The summed E-state index contributed by atoms with van der Waals surface area (Å²) < 4.78 is 38.3. The fraction of sp³-hybridized carbons (Fsp3) is 0.429. The molecule has 0 fully saturated rings. The van der Waals surface area contributed by atoms with E-state index < -0.39 is 34.1 Å². The Labute approximate surface area is 129 Å². The third-order valence-electron chi connectivity index (χ3n) is 3.00. The van der Waals surface area contributed by atoms with Gasteiger partial charge in [-0.2, -0.15) is 8.42 Å². The van der Waals surface area contributed by atoms with Gasteiger partial charge in [0.25, 0.3) is 10.1 Å². The summed E-state index contributed by atoms with van der Waals surface area (Å²) in [5, 5.41) is 0. The molecule has 0 aromatic heterocycles. The van der Waals surface area contributed by atoms with Gasteiger partial charge in [-0.25, -0.2) is 4.79 Å². The predicted octanol–water partition coefficient (Wildman–Crippen LogP) is 1.05. The van der Waals surface area contributed by atoms with E-state index in [0.717, 1.165) is 19.8 Å². The highest BCUT2D eigenvalue weighted by atomic mass is 32.2. The van der Waals surface area contributed by atoms with Gasteiger partial charge < -0.3 is 9.47 Å². The molecule has 0 amide bonds. The highest BCUT2D eigenvalue weighted by Gasteiger charge is 2.37. The first-order chi connectivity index (χ1) is 10.2. The lowest BCUT2D eigenvalue weighted by molar-refractivity contribution is -0.160. The van der Waals surface area contributed by atoms with E-state index in [-0.39, 0.29) is 4.90 Å². The molecular formula is C14H18O7S. The Balaban J connectivity index is 3.10. The zero-order valence-corrected chi connectivity index (χ0v) is 13.5. The zero-order chi connectivity index (χ0) is 16.9. The first-order valence-corrected chi connectivity index (χ1v) is 7.79. The average molecular weight is 330 g/mol. The number of rotatable bonds is 6. The average Bonchev–Trinajstić information content (AvgIpc) is 2.50. The van der Waals surface area contributed by atoms with Crippen molar-refractivity contribution in [1.29, 1.82) is 0 Å². The molecule has 0 spiro atoms. The summed E-state index contributed by atoms with van der Waals surface area (Å²) >= 11 is 0. The number of carbonyl (C=O) groups excluding carboxylic acids is 2. The van der Waals surface area contributed by atoms with E-state index in [1.807, 2.05) is 0 Å². The number of benzene rings is 1. The number of hydrogen-bond acceptors (Lipinski definition) is 7. The molecule has 1 aromatic rings. The number of methoxy groups -OCH3 is 2. The Morgan fingerprint density at radius 1 is 1.00 bits per heavy atom. The summed E-state index contributed by atoms with van der Waals surface area (Å²) in [7, 11) is -2.03. The molecule has 7 nitrogen and oxygen atoms in total. The Morgan fingerprint density at radius 2 is 1.50 bits per heavy atom.